The van der Waals surface area contributed by atoms with Crippen molar-refractivity contribution in [1.82, 2.24) is 10.2 Å². The topological polar surface area (TPSA) is 57.8 Å². The summed E-state index contributed by atoms with van der Waals surface area (Å²) >= 11 is 5.74. The van der Waals surface area contributed by atoms with Gasteiger partial charge in [-0.05, 0) is 19.1 Å². The number of amides is 1. The number of nitrogens with zero attached hydrogens (tertiary/aromatic N) is 1. The molecule has 1 aromatic carbocycles. The first-order valence-corrected chi connectivity index (χ1v) is 5.85. The highest BCUT2D eigenvalue weighted by Crippen LogP contribution is 2.38. The zero-order valence-corrected chi connectivity index (χ0v) is 10.9. The number of H-pyrrole nitrogens is 1. The Morgan fingerprint density at radius 1 is 1.40 bits per heavy atom. The van der Waals surface area contributed by atoms with Crippen LogP contribution < -0.4 is 5.32 Å². The summed E-state index contributed by atoms with van der Waals surface area (Å²) in [5.74, 6) is -0.713. The predicted molar refractivity (Wildman–Crippen MR) is 67.7 cm³/mol. The minimum atomic E-state index is -4.61. The number of rotatable bonds is 2. The lowest BCUT2D eigenvalue weighted by molar-refractivity contribution is -0.136. The van der Waals surface area contributed by atoms with Crippen LogP contribution in [0, 0.1) is 6.92 Å². The van der Waals surface area contributed by atoms with E-state index in [-0.39, 0.29) is 10.6 Å². The van der Waals surface area contributed by atoms with E-state index in [1.54, 1.807) is 6.92 Å². The van der Waals surface area contributed by atoms with Crippen LogP contribution >= 0.6 is 11.6 Å². The van der Waals surface area contributed by atoms with Crippen LogP contribution in [-0.2, 0) is 6.18 Å². The summed E-state index contributed by atoms with van der Waals surface area (Å²) in [5, 5.41) is 8.16. The normalized spacial score (nSPS) is 11.4. The van der Waals surface area contributed by atoms with Crippen LogP contribution in [0.15, 0.2) is 24.4 Å². The molecule has 0 unspecified atom stereocenters. The fourth-order valence-corrected chi connectivity index (χ4v) is 1.87. The summed E-state index contributed by atoms with van der Waals surface area (Å²) < 4.78 is 38.6. The monoisotopic (exact) mass is 303 g/mol. The van der Waals surface area contributed by atoms with E-state index in [4.69, 9.17) is 11.6 Å². The number of halogens is 4. The number of anilines is 1. The van der Waals surface area contributed by atoms with Gasteiger partial charge < -0.3 is 5.32 Å². The smallest absolute Gasteiger partial charge is 0.320 e. The van der Waals surface area contributed by atoms with E-state index >= 15 is 0 Å². The number of aromatic amines is 1. The third kappa shape index (κ3) is 2.77. The first-order chi connectivity index (χ1) is 9.30. The number of aromatic nitrogens is 2. The minimum Gasteiger partial charge on any atom is -0.320 e. The van der Waals surface area contributed by atoms with Crippen LogP contribution in [0.1, 0.15) is 21.6 Å². The van der Waals surface area contributed by atoms with Gasteiger partial charge in [0.1, 0.15) is 0 Å². The molecule has 1 aromatic heterocycles. The van der Waals surface area contributed by atoms with E-state index in [9.17, 15) is 18.0 Å². The van der Waals surface area contributed by atoms with Crippen molar-refractivity contribution in [3.8, 4) is 0 Å². The maximum Gasteiger partial charge on any atom is 0.418 e. The Bertz CT molecular complexity index is 652. The fraction of sp³-hybridized carbons (Fsp3) is 0.167. The van der Waals surface area contributed by atoms with Crippen molar-refractivity contribution >= 4 is 23.2 Å². The van der Waals surface area contributed by atoms with Crippen LogP contribution in [0.2, 0.25) is 5.02 Å². The van der Waals surface area contributed by atoms with Gasteiger partial charge in [0, 0.05) is 5.69 Å². The third-order valence-electron chi connectivity index (χ3n) is 2.63. The van der Waals surface area contributed by atoms with Crippen LogP contribution in [0.4, 0.5) is 18.9 Å². The van der Waals surface area contributed by atoms with Crippen molar-refractivity contribution in [3.05, 3.63) is 46.2 Å². The first kappa shape index (κ1) is 14.4. The van der Waals surface area contributed by atoms with Gasteiger partial charge in [0.05, 0.1) is 28.0 Å². The van der Waals surface area contributed by atoms with Gasteiger partial charge in [-0.3, -0.25) is 9.89 Å². The molecule has 20 heavy (non-hydrogen) atoms. The summed E-state index contributed by atoms with van der Waals surface area (Å²) in [5.41, 5.74) is -0.868. The molecule has 0 saturated heterocycles. The van der Waals surface area contributed by atoms with Crippen LogP contribution in [-0.4, -0.2) is 16.1 Å². The SMILES string of the molecule is Cc1[nH]ncc1C(=O)Nc1c(Cl)cccc1C(F)(F)F. The van der Waals surface area contributed by atoms with Gasteiger partial charge in [-0.15, -0.1) is 0 Å². The van der Waals surface area contributed by atoms with Gasteiger partial charge >= 0.3 is 6.18 Å². The summed E-state index contributed by atoms with van der Waals surface area (Å²) in [4.78, 5) is 11.9. The number of alkyl halides is 3. The number of aryl methyl sites for hydroxylation is 1. The van der Waals surface area contributed by atoms with E-state index < -0.39 is 23.3 Å². The number of carbonyl (C=O) groups is 1. The van der Waals surface area contributed by atoms with Crippen LogP contribution in [0.3, 0.4) is 0 Å². The molecule has 0 radical (unpaired) electrons. The van der Waals surface area contributed by atoms with Gasteiger partial charge in [0.25, 0.3) is 5.91 Å². The Hall–Kier alpha value is -2.02. The van der Waals surface area contributed by atoms with E-state index in [0.29, 0.717) is 5.69 Å². The predicted octanol–water partition coefficient (Wildman–Crippen LogP) is 3.64. The molecule has 1 heterocycles. The molecular weight excluding hydrogens is 295 g/mol. The molecule has 0 aliphatic carbocycles. The summed E-state index contributed by atoms with van der Waals surface area (Å²) in [6, 6.07) is 3.29. The molecular formula is C12H9ClF3N3O. The average Bonchev–Trinajstić information content (AvgIpc) is 2.76. The maximum atomic E-state index is 12.9. The van der Waals surface area contributed by atoms with Crippen molar-refractivity contribution in [1.29, 1.82) is 0 Å². The molecule has 2 N–H and O–H groups in total. The molecule has 0 saturated carbocycles. The molecule has 0 bridgehead atoms. The van der Waals surface area contributed by atoms with Crippen molar-refractivity contribution < 1.29 is 18.0 Å². The van der Waals surface area contributed by atoms with Crippen molar-refractivity contribution in [2.24, 2.45) is 0 Å². The molecule has 106 valence electrons. The first-order valence-electron chi connectivity index (χ1n) is 5.47. The van der Waals surface area contributed by atoms with E-state index in [0.717, 1.165) is 6.07 Å². The lowest BCUT2D eigenvalue weighted by atomic mass is 10.1. The number of hydrogen-bond acceptors (Lipinski definition) is 2. The summed E-state index contributed by atoms with van der Waals surface area (Å²) in [6.07, 6.45) is -3.38. The number of carbonyl (C=O) groups excluding carboxylic acids is 1. The zero-order valence-electron chi connectivity index (χ0n) is 10.2. The van der Waals surface area contributed by atoms with Crippen molar-refractivity contribution in [2.75, 3.05) is 5.32 Å². The highest BCUT2D eigenvalue weighted by atomic mass is 35.5. The Balaban J connectivity index is 2.39. The van der Waals surface area contributed by atoms with Crippen molar-refractivity contribution in [2.45, 2.75) is 13.1 Å². The molecule has 0 atom stereocenters. The number of benzene rings is 1. The van der Waals surface area contributed by atoms with Gasteiger partial charge in [-0.2, -0.15) is 18.3 Å². The molecule has 2 rings (SSSR count). The van der Waals surface area contributed by atoms with E-state index in [1.165, 1.54) is 18.3 Å². The second kappa shape index (κ2) is 5.16. The zero-order chi connectivity index (χ0) is 14.9. The highest BCUT2D eigenvalue weighted by molar-refractivity contribution is 6.34. The summed E-state index contributed by atoms with van der Waals surface area (Å²) in [6.45, 7) is 1.58. The Kier molecular flexibility index (Phi) is 3.71. The Labute approximate surface area is 116 Å². The largest absolute Gasteiger partial charge is 0.418 e. The minimum absolute atomic E-state index is 0.151. The van der Waals surface area contributed by atoms with Gasteiger partial charge in [0.15, 0.2) is 0 Å². The number of hydrogen-bond donors (Lipinski definition) is 2. The van der Waals surface area contributed by atoms with Gasteiger partial charge in [-0.25, -0.2) is 0 Å². The summed E-state index contributed by atoms with van der Waals surface area (Å²) in [7, 11) is 0. The second-order valence-corrected chi connectivity index (χ2v) is 4.43. The molecule has 0 spiro atoms. The molecule has 8 heteroatoms. The Morgan fingerprint density at radius 3 is 2.65 bits per heavy atom. The number of para-hydroxylation sites is 1. The molecule has 0 aliphatic rings. The van der Waals surface area contributed by atoms with Crippen LogP contribution in [0.25, 0.3) is 0 Å². The number of nitrogens with one attached hydrogen (secondary N) is 2. The lowest BCUT2D eigenvalue weighted by Crippen LogP contribution is -2.17. The maximum absolute atomic E-state index is 12.9. The van der Waals surface area contributed by atoms with Crippen molar-refractivity contribution in [3.63, 3.8) is 0 Å². The molecule has 0 fully saturated rings. The molecule has 4 nitrogen and oxygen atoms in total. The molecule has 0 aliphatic heterocycles. The van der Waals surface area contributed by atoms with Gasteiger partial charge in [-0.1, -0.05) is 17.7 Å². The van der Waals surface area contributed by atoms with E-state index in [2.05, 4.69) is 15.5 Å². The fourth-order valence-electron chi connectivity index (χ4n) is 1.65. The quantitative estimate of drug-likeness (QED) is 0.890. The molecule has 2 aromatic rings. The van der Waals surface area contributed by atoms with Crippen LogP contribution in [0.5, 0.6) is 0 Å². The average molecular weight is 304 g/mol. The Morgan fingerprint density at radius 2 is 2.10 bits per heavy atom. The highest BCUT2D eigenvalue weighted by Gasteiger charge is 2.35. The third-order valence-corrected chi connectivity index (χ3v) is 2.95. The lowest BCUT2D eigenvalue weighted by Gasteiger charge is -2.14. The second-order valence-electron chi connectivity index (χ2n) is 4.02. The van der Waals surface area contributed by atoms with Gasteiger partial charge in [0.2, 0.25) is 0 Å². The molecule has 1 amide bonds. The standard InChI is InChI=1S/C12H9ClF3N3O/c1-6-7(5-17-19-6)11(20)18-10-8(12(14,15)16)3-2-4-9(10)13/h2-5H,1H3,(H,17,19)(H,18,20). The van der Waals surface area contributed by atoms with E-state index in [1.807, 2.05) is 0 Å².